The normalized spacial score (nSPS) is 13.3. The topological polar surface area (TPSA) is 9.23 Å². The van der Waals surface area contributed by atoms with Gasteiger partial charge in [0.2, 0.25) is 0 Å². The summed E-state index contributed by atoms with van der Waals surface area (Å²) in [4.78, 5) is 0. The van der Waals surface area contributed by atoms with Crippen molar-refractivity contribution in [1.82, 2.24) is 0 Å². The van der Waals surface area contributed by atoms with E-state index in [2.05, 4.69) is 55.5 Å². The number of allylic oxidation sites excluding steroid dienone is 1. The van der Waals surface area contributed by atoms with Crippen molar-refractivity contribution in [3.05, 3.63) is 64.7 Å². The Morgan fingerprint density at radius 3 is 2.58 bits per heavy atom. The van der Waals surface area contributed by atoms with Gasteiger partial charge in [-0.05, 0) is 41.2 Å². The Hall–Kier alpha value is -1.86. The van der Waals surface area contributed by atoms with Crippen molar-refractivity contribution in [1.29, 1.82) is 0 Å². The van der Waals surface area contributed by atoms with Gasteiger partial charge >= 0.3 is 0 Å². The highest BCUT2D eigenvalue weighted by molar-refractivity contribution is 5.77. The maximum atomic E-state index is 5.15. The van der Waals surface area contributed by atoms with Gasteiger partial charge in [0.05, 0.1) is 6.61 Å². The Balaban J connectivity index is 1.98. The maximum Gasteiger partial charge on any atom is 0.0713 e. The predicted molar refractivity (Wildman–Crippen MR) is 79.9 cm³/mol. The molecule has 1 heteroatoms. The fourth-order valence-electron chi connectivity index (χ4n) is 2.75. The largest absolute Gasteiger partial charge is 0.380 e. The molecule has 0 spiro atoms. The van der Waals surface area contributed by atoms with E-state index in [0.717, 1.165) is 6.42 Å². The molecular formula is C18H18O. The van der Waals surface area contributed by atoms with Crippen LogP contribution in [-0.4, -0.2) is 7.11 Å². The van der Waals surface area contributed by atoms with Crippen molar-refractivity contribution in [3.63, 3.8) is 0 Å². The van der Waals surface area contributed by atoms with Gasteiger partial charge in [-0.1, -0.05) is 54.1 Å². The highest BCUT2D eigenvalue weighted by Gasteiger charge is 2.14. The molecule has 96 valence electrons. The summed E-state index contributed by atoms with van der Waals surface area (Å²) in [6, 6.07) is 15.2. The average Bonchev–Trinajstić information content (AvgIpc) is 2.80. The number of hydrogen-bond acceptors (Lipinski definition) is 1. The van der Waals surface area contributed by atoms with E-state index in [0.29, 0.717) is 6.61 Å². The van der Waals surface area contributed by atoms with Crippen molar-refractivity contribution in [2.45, 2.75) is 20.0 Å². The monoisotopic (exact) mass is 250 g/mol. The molecule has 0 radical (unpaired) electrons. The first-order chi connectivity index (χ1) is 9.28. The summed E-state index contributed by atoms with van der Waals surface area (Å²) in [7, 11) is 1.73. The second kappa shape index (κ2) is 5.02. The molecule has 0 aliphatic heterocycles. The van der Waals surface area contributed by atoms with Crippen molar-refractivity contribution < 1.29 is 4.74 Å². The van der Waals surface area contributed by atoms with E-state index in [1.165, 1.54) is 33.4 Å². The van der Waals surface area contributed by atoms with Crippen molar-refractivity contribution in [3.8, 4) is 11.1 Å². The minimum absolute atomic E-state index is 0.674. The zero-order valence-corrected chi connectivity index (χ0v) is 11.4. The molecule has 3 rings (SSSR count). The molecule has 1 aliphatic carbocycles. The molecule has 0 saturated heterocycles. The van der Waals surface area contributed by atoms with Crippen LogP contribution in [0.4, 0.5) is 0 Å². The van der Waals surface area contributed by atoms with Crippen LogP contribution in [0.2, 0.25) is 0 Å². The molecule has 0 heterocycles. The third-order valence-electron chi connectivity index (χ3n) is 3.65. The third kappa shape index (κ3) is 2.34. The molecule has 0 fully saturated rings. The Kier molecular flexibility index (Phi) is 3.22. The lowest BCUT2D eigenvalue weighted by Crippen LogP contribution is -1.91. The van der Waals surface area contributed by atoms with Gasteiger partial charge in [0.25, 0.3) is 0 Å². The number of methoxy groups -OCH3 is 1. The van der Waals surface area contributed by atoms with Crippen LogP contribution in [0, 0.1) is 0 Å². The average molecular weight is 250 g/mol. The summed E-state index contributed by atoms with van der Waals surface area (Å²) < 4.78 is 5.15. The van der Waals surface area contributed by atoms with Gasteiger partial charge < -0.3 is 4.74 Å². The molecular weight excluding hydrogens is 232 g/mol. The second-order valence-corrected chi connectivity index (χ2v) is 5.17. The molecule has 0 atom stereocenters. The minimum Gasteiger partial charge on any atom is -0.380 e. The van der Waals surface area contributed by atoms with E-state index in [4.69, 9.17) is 4.74 Å². The van der Waals surface area contributed by atoms with Gasteiger partial charge in [0, 0.05) is 7.11 Å². The smallest absolute Gasteiger partial charge is 0.0713 e. The van der Waals surface area contributed by atoms with Crippen molar-refractivity contribution >= 4 is 6.08 Å². The molecule has 2 aromatic carbocycles. The molecule has 1 aliphatic rings. The first-order valence-electron chi connectivity index (χ1n) is 6.65. The molecule has 0 unspecified atom stereocenters. The molecule has 1 nitrogen and oxygen atoms in total. The zero-order valence-electron chi connectivity index (χ0n) is 11.4. The molecule has 19 heavy (non-hydrogen) atoms. The van der Waals surface area contributed by atoms with E-state index in [-0.39, 0.29) is 0 Å². The molecule has 0 amide bonds. The predicted octanol–water partition coefficient (Wildman–Crippen LogP) is 4.46. The minimum atomic E-state index is 0.674. The second-order valence-electron chi connectivity index (χ2n) is 5.17. The lowest BCUT2D eigenvalue weighted by molar-refractivity contribution is 0.185. The van der Waals surface area contributed by atoms with E-state index in [1.807, 2.05) is 0 Å². The lowest BCUT2D eigenvalue weighted by atomic mass is 9.95. The summed E-state index contributed by atoms with van der Waals surface area (Å²) in [5, 5.41) is 0. The van der Waals surface area contributed by atoms with E-state index in [1.54, 1.807) is 7.11 Å². The molecule has 0 N–H and O–H groups in total. The Morgan fingerprint density at radius 1 is 1.05 bits per heavy atom. The van der Waals surface area contributed by atoms with Crippen molar-refractivity contribution in [2.24, 2.45) is 0 Å². The number of hydrogen-bond donors (Lipinski definition) is 0. The van der Waals surface area contributed by atoms with Gasteiger partial charge in [0.1, 0.15) is 0 Å². The van der Waals surface area contributed by atoms with Crippen LogP contribution in [-0.2, 0) is 17.8 Å². The van der Waals surface area contributed by atoms with E-state index < -0.39 is 0 Å². The highest BCUT2D eigenvalue weighted by Crippen LogP contribution is 2.33. The quantitative estimate of drug-likeness (QED) is 0.781. The third-order valence-corrected chi connectivity index (χ3v) is 3.65. The number of fused-ring (bicyclic) bond motifs is 1. The summed E-state index contributed by atoms with van der Waals surface area (Å²) in [6.07, 6.45) is 3.36. The zero-order chi connectivity index (χ0) is 13.2. The van der Waals surface area contributed by atoms with Crippen LogP contribution in [0.1, 0.15) is 23.6 Å². The van der Waals surface area contributed by atoms with Crippen LogP contribution in [0.5, 0.6) is 0 Å². The van der Waals surface area contributed by atoms with Crippen LogP contribution in [0.3, 0.4) is 0 Å². The van der Waals surface area contributed by atoms with Crippen LogP contribution in [0.15, 0.2) is 48.0 Å². The Labute approximate surface area is 114 Å². The van der Waals surface area contributed by atoms with Gasteiger partial charge in [-0.15, -0.1) is 0 Å². The van der Waals surface area contributed by atoms with Gasteiger partial charge in [-0.25, -0.2) is 0 Å². The highest BCUT2D eigenvalue weighted by atomic mass is 16.5. The molecule has 2 aromatic rings. The Bertz CT molecular complexity index is 621. The lowest BCUT2D eigenvalue weighted by Gasteiger charge is -2.09. The van der Waals surface area contributed by atoms with Gasteiger partial charge in [-0.3, -0.25) is 0 Å². The van der Waals surface area contributed by atoms with E-state index >= 15 is 0 Å². The Morgan fingerprint density at radius 2 is 1.84 bits per heavy atom. The fraction of sp³-hybridized carbons (Fsp3) is 0.222. The first-order valence-corrected chi connectivity index (χ1v) is 6.65. The maximum absolute atomic E-state index is 5.15. The van der Waals surface area contributed by atoms with Crippen LogP contribution < -0.4 is 0 Å². The van der Waals surface area contributed by atoms with E-state index in [9.17, 15) is 0 Å². The molecule has 0 aromatic heterocycles. The number of benzene rings is 2. The van der Waals surface area contributed by atoms with Gasteiger partial charge in [0.15, 0.2) is 0 Å². The summed E-state index contributed by atoms with van der Waals surface area (Å²) in [5.74, 6) is 0. The van der Waals surface area contributed by atoms with Crippen LogP contribution >= 0.6 is 0 Å². The number of ether oxygens (including phenoxy) is 1. The molecule has 0 saturated carbocycles. The number of rotatable bonds is 3. The van der Waals surface area contributed by atoms with Gasteiger partial charge in [-0.2, -0.15) is 0 Å². The first kappa shape index (κ1) is 12.2. The standard InChI is InChI=1S/C18H18O/c1-13-10-16-4-3-5-17(18(16)11-13)15-8-6-14(7-9-15)12-19-2/h3-10H,11-12H2,1-2H3. The summed E-state index contributed by atoms with van der Waals surface area (Å²) in [5.41, 5.74) is 8.14. The van der Waals surface area contributed by atoms with Crippen molar-refractivity contribution in [2.75, 3.05) is 7.11 Å². The SMILES string of the molecule is COCc1ccc(-c2cccc3c2CC(C)=C3)cc1. The van der Waals surface area contributed by atoms with Crippen LogP contribution in [0.25, 0.3) is 17.2 Å². The fourth-order valence-corrected chi connectivity index (χ4v) is 2.75. The summed E-state index contributed by atoms with van der Waals surface area (Å²) in [6.45, 7) is 2.87. The molecule has 0 bridgehead atoms. The summed E-state index contributed by atoms with van der Waals surface area (Å²) >= 11 is 0.